The molecular weight excluding hydrogens is 344 g/mol. The molecule has 1 heterocycles. The first-order chi connectivity index (χ1) is 12.4. The molecule has 1 aromatic heterocycles. The van der Waals surface area contributed by atoms with Gasteiger partial charge in [0.25, 0.3) is 0 Å². The second-order valence-electron chi connectivity index (χ2n) is 7.60. The van der Waals surface area contributed by atoms with Crippen LogP contribution in [0.15, 0.2) is 42.5 Å². The quantitative estimate of drug-likeness (QED) is 0.737. The number of ketones is 1. The molecule has 0 saturated heterocycles. The topological polar surface area (TPSA) is 59.1 Å². The molecular formula is C21H20N2O2S. The van der Waals surface area contributed by atoms with Crippen molar-refractivity contribution in [3.63, 3.8) is 0 Å². The molecule has 0 radical (unpaired) electrons. The van der Waals surface area contributed by atoms with E-state index in [1.165, 1.54) is 11.3 Å². The molecule has 132 valence electrons. The van der Waals surface area contributed by atoms with Crippen molar-refractivity contribution in [2.45, 2.75) is 33.1 Å². The summed E-state index contributed by atoms with van der Waals surface area (Å²) in [5.41, 5.74) is 1.73. The summed E-state index contributed by atoms with van der Waals surface area (Å²) >= 11 is 1.29. The van der Waals surface area contributed by atoms with Crippen LogP contribution in [0.5, 0.6) is 0 Å². The number of aromatic nitrogens is 1. The fourth-order valence-electron chi connectivity index (χ4n) is 3.56. The fraction of sp³-hybridized carbons (Fsp3) is 0.286. The molecule has 0 aliphatic heterocycles. The SMILES string of the molecule is CC1(C)CC(=O)c2sc(NC(=O)Cc3cccc4ccccc34)nc2C1. The summed E-state index contributed by atoms with van der Waals surface area (Å²) in [4.78, 5) is 30.0. The van der Waals surface area contributed by atoms with Gasteiger partial charge in [0.05, 0.1) is 17.0 Å². The molecule has 26 heavy (non-hydrogen) atoms. The number of nitrogens with one attached hydrogen (secondary N) is 1. The van der Waals surface area contributed by atoms with E-state index in [-0.39, 0.29) is 23.5 Å². The molecule has 0 saturated carbocycles. The van der Waals surface area contributed by atoms with Gasteiger partial charge < -0.3 is 5.32 Å². The number of carbonyl (C=O) groups excluding carboxylic acids is 2. The van der Waals surface area contributed by atoms with E-state index in [9.17, 15) is 9.59 Å². The van der Waals surface area contributed by atoms with Crippen LogP contribution in [0.25, 0.3) is 10.8 Å². The molecule has 0 atom stereocenters. The zero-order valence-corrected chi connectivity index (χ0v) is 15.7. The number of thiazole rings is 1. The molecule has 1 aliphatic carbocycles. The second kappa shape index (κ2) is 6.32. The molecule has 1 amide bonds. The molecule has 2 aromatic carbocycles. The number of hydrogen-bond acceptors (Lipinski definition) is 4. The highest BCUT2D eigenvalue weighted by Crippen LogP contribution is 2.38. The standard InChI is InChI=1S/C21H20N2O2S/c1-21(2)11-16-19(17(24)12-21)26-20(22-16)23-18(25)10-14-8-5-7-13-6-3-4-9-15(13)14/h3-9H,10-12H2,1-2H3,(H,22,23,25). The molecule has 0 fully saturated rings. The normalized spacial score (nSPS) is 15.7. The van der Waals surface area contributed by atoms with Gasteiger partial charge in [-0.25, -0.2) is 4.98 Å². The maximum absolute atomic E-state index is 12.5. The van der Waals surface area contributed by atoms with Crippen LogP contribution in [0, 0.1) is 5.41 Å². The van der Waals surface area contributed by atoms with E-state index in [0.717, 1.165) is 28.5 Å². The van der Waals surface area contributed by atoms with Gasteiger partial charge in [0, 0.05) is 6.42 Å². The first-order valence-corrected chi connectivity index (χ1v) is 9.52. The highest BCUT2D eigenvalue weighted by Gasteiger charge is 2.34. The number of fused-ring (bicyclic) bond motifs is 2. The summed E-state index contributed by atoms with van der Waals surface area (Å²) in [7, 11) is 0. The lowest BCUT2D eigenvalue weighted by atomic mass is 9.78. The minimum Gasteiger partial charge on any atom is -0.302 e. The number of amides is 1. The number of carbonyl (C=O) groups is 2. The van der Waals surface area contributed by atoms with Crippen LogP contribution in [-0.4, -0.2) is 16.7 Å². The lowest BCUT2D eigenvalue weighted by Crippen LogP contribution is -2.26. The zero-order chi connectivity index (χ0) is 18.3. The van der Waals surface area contributed by atoms with E-state index < -0.39 is 0 Å². The largest absolute Gasteiger partial charge is 0.302 e. The van der Waals surface area contributed by atoms with Crippen molar-refractivity contribution in [1.29, 1.82) is 0 Å². The first-order valence-electron chi connectivity index (χ1n) is 8.71. The number of anilines is 1. The van der Waals surface area contributed by atoms with E-state index >= 15 is 0 Å². The highest BCUT2D eigenvalue weighted by atomic mass is 32.1. The van der Waals surface area contributed by atoms with Crippen molar-refractivity contribution in [3.05, 3.63) is 58.6 Å². The van der Waals surface area contributed by atoms with Crippen LogP contribution in [0.3, 0.4) is 0 Å². The Morgan fingerprint density at radius 3 is 2.77 bits per heavy atom. The molecule has 0 unspecified atom stereocenters. The van der Waals surface area contributed by atoms with Gasteiger partial charge in [-0.2, -0.15) is 0 Å². The van der Waals surface area contributed by atoms with Gasteiger partial charge in [0.2, 0.25) is 5.91 Å². The fourth-order valence-corrected chi connectivity index (χ4v) is 4.49. The Kier molecular flexibility index (Phi) is 4.11. The number of nitrogens with zero attached hydrogens (tertiary/aromatic N) is 1. The lowest BCUT2D eigenvalue weighted by Gasteiger charge is -2.26. The highest BCUT2D eigenvalue weighted by molar-refractivity contribution is 7.17. The Morgan fingerprint density at radius 1 is 1.15 bits per heavy atom. The predicted octanol–water partition coefficient (Wildman–Crippen LogP) is 4.63. The first kappa shape index (κ1) is 16.9. The minimum absolute atomic E-state index is 0.0671. The number of Topliss-reactive ketones (excluding diaryl/α,β-unsaturated/α-hetero) is 1. The Balaban J connectivity index is 1.53. The summed E-state index contributed by atoms with van der Waals surface area (Å²) in [6, 6.07) is 14.0. The van der Waals surface area contributed by atoms with E-state index in [1.54, 1.807) is 0 Å². The summed E-state index contributed by atoms with van der Waals surface area (Å²) in [5, 5.41) is 5.60. The van der Waals surface area contributed by atoms with E-state index in [0.29, 0.717) is 16.4 Å². The predicted molar refractivity (Wildman–Crippen MR) is 105 cm³/mol. The van der Waals surface area contributed by atoms with Gasteiger partial charge in [-0.3, -0.25) is 9.59 Å². The Labute approximate surface area is 156 Å². The third-order valence-electron chi connectivity index (χ3n) is 4.71. The van der Waals surface area contributed by atoms with Crippen LogP contribution in [-0.2, 0) is 17.6 Å². The van der Waals surface area contributed by atoms with E-state index in [2.05, 4.69) is 24.1 Å². The number of hydrogen-bond donors (Lipinski definition) is 1. The zero-order valence-electron chi connectivity index (χ0n) is 14.8. The summed E-state index contributed by atoms with van der Waals surface area (Å²) in [6.07, 6.45) is 1.58. The van der Waals surface area contributed by atoms with Gasteiger partial charge in [0.1, 0.15) is 0 Å². The Bertz CT molecular complexity index is 1010. The van der Waals surface area contributed by atoms with Crippen molar-refractivity contribution in [2.24, 2.45) is 5.41 Å². The van der Waals surface area contributed by atoms with Crippen molar-refractivity contribution in [2.75, 3.05) is 5.32 Å². The van der Waals surface area contributed by atoms with Crippen LogP contribution < -0.4 is 5.32 Å². The number of rotatable bonds is 3. The Hall–Kier alpha value is -2.53. The van der Waals surface area contributed by atoms with Crippen LogP contribution in [0.4, 0.5) is 5.13 Å². The van der Waals surface area contributed by atoms with Crippen LogP contribution >= 0.6 is 11.3 Å². The summed E-state index contributed by atoms with van der Waals surface area (Å²) < 4.78 is 0. The number of benzene rings is 2. The average molecular weight is 364 g/mol. The maximum atomic E-state index is 12.5. The molecule has 1 N–H and O–H groups in total. The molecule has 5 heteroatoms. The molecule has 3 aromatic rings. The van der Waals surface area contributed by atoms with Gasteiger partial charge in [-0.05, 0) is 28.2 Å². The summed E-state index contributed by atoms with van der Waals surface area (Å²) in [5.74, 6) is 0.0162. The molecule has 0 bridgehead atoms. The van der Waals surface area contributed by atoms with Gasteiger partial charge in [-0.1, -0.05) is 67.6 Å². The third-order valence-corrected chi connectivity index (χ3v) is 5.77. The molecule has 4 rings (SSSR count). The average Bonchev–Trinajstić information content (AvgIpc) is 2.96. The van der Waals surface area contributed by atoms with Crippen molar-refractivity contribution in [1.82, 2.24) is 4.98 Å². The Morgan fingerprint density at radius 2 is 1.92 bits per heavy atom. The van der Waals surface area contributed by atoms with Gasteiger partial charge in [-0.15, -0.1) is 0 Å². The van der Waals surface area contributed by atoms with E-state index in [1.807, 2.05) is 42.5 Å². The van der Waals surface area contributed by atoms with Crippen LogP contribution in [0.1, 0.15) is 41.2 Å². The molecule has 4 nitrogen and oxygen atoms in total. The van der Waals surface area contributed by atoms with Crippen molar-refractivity contribution >= 4 is 38.9 Å². The second-order valence-corrected chi connectivity index (χ2v) is 8.60. The van der Waals surface area contributed by atoms with Gasteiger partial charge >= 0.3 is 0 Å². The minimum atomic E-state index is -0.112. The molecule has 1 aliphatic rings. The smallest absolute Gasteiger partial charge is 0.230 e. The summed E-state index contributed by atoms with van der Waals surface area (Å²) in [6.45, 7) is 4.15. The maximum Gasteiger partial charge on any atom is 0.230 e. The lowest BCUT2D eigenvalue weighted by molar-refractivity contribution is -0.115. The van der Waals surface area contributed by atoms with Crippen LogP contribution in [0.2, 0.25) is 0 Å². The van der Waals surface area contributed by atoms with Crippen molar-refractivity contribution in [3.8, 4) is 0 Å². The monoisotopic (exact) mass is 364 g/mol. The third kappa shape index (κ3) is 3.27. The molecule has 0 spiro atoms. The van der Waals surface area contributed by atoms with Gasteiger partial charge in [0.15, 0.2) is 10.9 Å². The van der Waals surface area contributed by atoms with Crippen molar-refractivity contribution < 1.29 is 9.59 Å². The van der Waals surface area contributed by atoms with E-state index in [4.69, 9.17) is 0 Å².